The average Bonchev–Trinajstić information content (AvgIpc) is 2.91. The molecule has 0 aliphatic rings. The smallest absolute Gasteiger partial charge is 0.425 e. The predicted octanol–water partition coefficient (Wildman–Crippen LogP) is 4.39. The number of aryl methyl sites for hydroxylation is 1. The second kappa shape index (κ2) is 12.5. The van der Waals surface area contributed by atoms with E-state index in [0.717, 1.165) is 6.07 Å². The Labute approximate surface area is 238 Å². The lowest BCUT2D eigenvalue weighted by Gasteiger charge is -2.21. The van der Waals surface area contributed by atoms with Gasteiger partial charge >= 0.3 is 12.8 Å². The molecule has 3 aromatic heterocycles. The van der Waals surface area contributed by atoms with Gasteiger partial charge in [0.15, 0.2) is 17.1 Å². The van der Waals surface area contributed by atoms with Crippen LogP contribution in [0.25, 0.3) is 22.2 Å². The van der Waals surface area contributed by atoms with E-state index >= 15 is 4.39 Å². The zero-order valence-electron chi connectivity index (χ0n) is 22.7. The van der Waals surface area contributed by atoms with E-state index in [-0.39, 0.29) is 36.2 Å². The molecular formula is C27H25F6N5O5. The van der Waals surface area contributed by atoms with Gasteiger partial charge in [-0.05, 0) is 50.3 Å². The van der Waals surface area contributed by atoms with Crippen LogP contribution in [0.1, 0.15) is 37.8 Å². The largest absolute Gasteiger partial charge is 0.485 e. The molecule has 0 bridgehead atoms. The number of ether oxygens (including phenoxy) is 2. The summed E-state index contributed by atoms with van der Waals surface area (Å²) in [4.78, 5) is 33.0. The van der Waals surface area contributed by atoms with Crippen molar-refractivity contribution in [3.05, 3.63) is 80.6 Å². The van der Waals surface area contributed by atoms with E-state index in [4.69, 9.17) is 4.74 Å². The number of aromatic amines is 1. The Bertz CT molecular complexity index is 1700. The standard InChI is InChI=1S/C27H25F6N5O5/c1-26(2,41)15-10-34-22(35-11-15)18-8-14-5-7-38(24(40)17(14)9-19(18)28)6-3-4-16(13-42-25(29)30)43-20-12-36-37-23(39)21(20)27(31,32)33/h5,7-12,16,25,41H,3-4,6,13H2,1-2H3,(H,37,39). The number of benzene rings is 1. The summed E-state index contributed by atoms with van der Waals surface area (Å²) in [5.74, 6) is -1.70. The molecule has 43 heavy (non-hydrogen) atoms. The summed E-state index contributed by atoms with van der Waals surface area (Å²) in [6.07, 6.45) is -1.85. The van der Waals surface area contributed by atoms with E-state index in [1.807, 2.05) is 0 Å². The number of aliphatic hydroxyl groups is 1. The number of alkyl halides is 5. The van der Waals surface area contributed by atoms with Crippen molar-refractivity contribution in [2.24, 2.45) is 0 Å². The van der Waals surface area contributed by atoms with Crippen molar-refractivity contribution >= 4 is 10.8 Å². The van der Waals surface area contributed by atoms with E-state index in [1.54, 1.807) is 18.9 Å². The first-order valence-electron chi connectivity index (χ1n) is 12.7. The van der Waals surface area contributed by atoms with Crippen LogP contribution in [0.15, 0.2) is 52.6 Å². The minimum absolute atomic E-state index is 0.0232. The van der Waals surface area contributed by atoms with Crippen molar-refractivity contribution in [1.29, 1.82) is 0 Å². The molecule has 4 aromatic rings. The normalized spacial score (nSPS) is 13.1. The summed E-state index contributed by atoms with van der Waals surface area (Å²) in [7, 11) is 0. The third kappa shape index (κ3) is 7.56. The van der Waals surface area contributed by atoms with Gasteiger partial charge in [-0.1, -0.05) is 0 Å². The lowest BCUT2D eigenvalue weighted by Crippen LogP contribution is -2.30. The van der Waals surface area contributed by atoms with Crippen molar-refractivity contribution in [2.75, 3.05) is 6.61 Å². The van der Waals surface area contributed by atoms with Crippen molar-refractivity contribution in [3.63, 3.8) is 0 Å². The van der Waals surface area contributed by atoms with Crippen LogP contribution in [-0.2, 0) is 23.1 Å². The number of aromatic nitrogens is 5. The Morgan fingerprint density at radius 2 is 1.79 bits per heavy atom. The van der Waals surface area contributed by atoms with Crippen LogP contribution in [0, 0.1) is 5.82 Å². The van der Waals surface area contributed by atoms with Crippen LogP contribution in [0.2, 0.25) is 0 Å². The molecule has 1 unspecified atom stereocenters. The molecule has 0 aliphatic carbocycles. The molecule has 0 amide bonds. The zero-order valence-corrected chi connectivity index (χ0v) is 22.7. The topological polar surface area (TPSA) is 132 Å². The van der Waals surface area contributed by atoms with Crippen LogP contribution in [0.5, 0.6) is 5.75 Å². The van der Waals surface area contributed by atoms with Gasteiger partial charge < -0.3 is 19.1 Å². The lowest BCUT2D eigenvalue weighted by molar-refractivity contribution is -0.150. The van der Waals surface area contributed by atoms with Gasteiger partial charge in [0.05, 0.1) is 29.4 Å². The number of rotatable bonds is 11. The molecule has 16 heteroatoms. The summed E-state index contributed by atoms with van der Waals surface area (Å²) in [5, 5.41) is 15.4. The molecule has 10 nitrogen and oxygen atoms in total. The van der Waals surface area contributed by atoms with Gasteiger partial charge in [-0.3, -0.25) is 9.59 Å². The second-order valence-electron chi connectivity index (χ2n) is 10.0. The molecule has 1 atom stereocenters. The summed E-state index contributed by atoms with van der Waals surface area (Å²) in [6.45, 7) is -0.998. The van der Waals surface area contributed by atoms with E-state index in [0.29, 0.717) is 17.1 Å². The highest BCUT2D eigenvalue weighted by atomic mass is 19.4. The predicted molar refractivity (Wildman–Crippen MR) is 140 cm³/mol. The van der Waals surface area contributed by atoms with Gasteiger partial charge in [0.25, 0.3) is 11.1 Å². The van der Waals surface area contributed by atoms with Gasteiger partial charge in [0.1, 0.15) is 11.9 Å². The minimum atomic E-state index is -5.11. The Morgan fingerprint density at radius 1 is 1.09 bits per heavy atom. The fourth-order valence-electron chi connectivity index (χ4n) is 4.20. The highest BCUT2D eigenvalue weighted by molar-refractivity contribution is 5.85. The van der Waals surface area contributed by atoms with Crippen LogP contribution >= 0.6 is 0 Å². The summed E-state index contributed by atoms with van der Waals surface area (Å²) in [5.41, 5.74) is -4.59. The average molecular weight is 614 g/mol. The molecule has 0 aliphatic heterocycles. The molecule has 4 rings (SSSR count). The van der Waals surface area contributed by atoms with E-state index < -0.39 is 59.3 Å². The summed E-state index contributed by atoms with van der Waals surface area (Å²) >= 11 is 0. The maximum Gasteiger partial charge on any atom is 0.425 e. The maximum absolute atomic E-state index is 15.0. The molecule has 0 spiro atoms. The van der Waals surface area contributed by atoms with Crippen LogP contribution in [0.3, 0.4) is 0 Å². The summed E-state index contributed by atoms with van der Waals surface area (Å²) in [6, 6.07) is 3.96. The van der Waals surface area contributed by atoms with Gasteiger partial charge in [-0.15, -0.1) is 0 Å². The molecule has 1 aromatic carbocycles. The number of fused-ring (bicyclic) bond motifs is 1. The minimum Gasteiger partial charge on any atom is -0.485 e. The fraction of sp³-hybridized carbons (Fsp3) is 0.370. The Kier molecular flexibility index (Phi) is 9.20. The Hall–Kier alpha value is -4.31. The molecule has 230 valence electrons. The zero-order chi connectivity index (χ0) is 31.5. The molecule has 2 N–H and O–H groups in total. The van der Waals surface area contributed by atoms with Crippen molar-refractivity contribution in [3.8, 4) is 17.1 Å². The van der Waals surface area contributed by atoms with E-state index in [1.165, 1.54) is 35.3 Å². The lowest BCUT2D eigenvalue weighted by atomic mass is 10.0. The SMILES string of the molecule is CC(C)(O)c1cnc(-c2cc3ccn(CCCC(COC(F)F)Oc4cn[nH]c(=O)c4C(F)(F)F)c(=O)c3cc2F)nc1. The first-order chi connectivity index (χ1) is 20.1. The number of nitrogens with one attached hydrogen (secondary N) is 1. The number of halogens is 6. The molecule has 0 fully saturated rings. The first-order valence-corrected chi connectivity index (χ1v) is 12.7. The number of hydrogen-bond acceptors (Lipinski definition) is 8. The fourth-order valence-corrected chi connectivity index (χ4v) is 4.20. The Morgan fingerprint density at radius 3 is 2.42 bits per heavy atom. The summed E-state index contributed by atoms with van der Waals surface area (Å²) < 4.78 is 91.1. The van der Waals surface area contributed by atoms with E-state index in [2.05, 4.69) is 19.8 Å². The van der Waals surface area contributed by atoms with Crippen LogP contribution < -0.4 is 15.9 Å². The van der Waals surface area contributed by atoms with Gasteiger partial charge in [0, 0.05) is 30.7 Å². The molecule has 0 saturated heterocycles. The highest BCUT2D eigenvalue weighted by Crippen LogP contribution is 2.33. The van der Waals surface area contributed by atoms with Crippen molar-refractivity contribution < 1.29 is 40.9 Å². The maximum atomic E-state index is 15.0. The number of pyridine rings is 1. The molecular weight excluding hydrogens is 588 g/mol. The Balaban J connectivity index is 1.52. The number of nitrogens with zero attached hydrogens (tertiary/aromatic N) is 4. The highest BCUT2D eigenvalue weighted by Gasteiger charge is 2.39. The van der Waals surface area contributed by atoms with Gasteiger partial charge in [0.2, 0.25) is 0 Å². The van der Waals surface area contributed by atoms with Gasteiger partial charge in [-0.2, -0.15) is 27.1 Å². The number of hydrogen-bond donors (Lipinski definition) is 2. The van der Waals surface area contributed by atoms with E-state index in [9.17, 15) is 36.6 Å². The number of H-pyrrole nitrogens is 1. The molecule has 0 saturated carbocycles. The quantitative estimate of drug-likeness (QED) is 0.238. The van der Waals surface area contributed by atoms with Gasteiger partial charge in [-0.25, -0.2) is 19.5 Å². The first kappa shape index (κ1) is 31.6. The monoisotopic (exact) mass is 613 g/mol. The van der Waals surface area contributed by atoms with Crippen LogP contribution in [-0.4, -0.2) is 49.2 Å². The third-order valence-electron chi connectivity index (χ3n) is 6.40. The molecule has 3 heterocycles. The molecule has 0 radical (unpaired) electrons. The van der Waals surface area contributed by atoms with Crippen molar-refractivity contribution in [1.82, 2.24) is 24.7 Å². The van der Waals surface area contributed by atoms with Crippen LogP contribution in [0.4, 0.5) is 26.3 Å². The van der Waals surface area contributed by atoms with Crippen molar-refractivity contribution in [2.45, 2.75) is 57.7 Å². The second-order valence-corrected chi connectivity index (χ2v) is 10.0. The third-order valence-corrected chi connectivity index (χ3v) is 6.40.